The van der Waals surface area contributed by atoms with Crippen molar-refractivity contribution in [3.05, 3.63) is 65.5 Å². The number of amides is 4. The zero-order valence-electron chi connectivity index (χ0n) is 13.5. The van der Waals surface area contributed by atoms with E-state index < -0.39 is 36.0 Å². The van der Waals surface area contributed by atoms with Crippen LogP contribution < -0.4 is 10.6 Å². The highest BCUT2D eigenvalue weighted by Gasteiger charge is 2.36. The number of imide groups is 1. The number of anilines is 1. The Morgan fingerprint density at radius 2 is 1.46 bits per heavy atom. The summed E-state index contributed by atoms with van der Waals surface area (Å²) in [4.78, 5) is 48.9. The second kappa shape index (κ2) is 7.14. The number of hydrogen-bond acceptors (Lipinski definition) is 4. The van der Waals surface area contributed by atoms with Crippen LogP contribution in [0, 0.1) is 5.82 Å². The molecule has 2 aromatic carbocycles. The Hall–Kier alpha value is -3.55. The predicted molar refractivity (Wildman–Crippen MR) is 89.8 cm³/mol. The van der Waals surface area contributed by atoms with Crippen LogP contribution in [0.3, 0.4) is 0 Å². The summed E-state index contributed by atoms with van der Waals surface area (Å²) in [5.74, 6) is -2.69. The molecule has 0 radical (unpaired) electrons. The molecule has 1 aliphatic heterocycles. The highest BCUT2D eigenvalue weighted by atomic mass is 19.1. The molecule has 0 unspecified atom stereocenters. The van der Waals surface area contributed by atoms with Crippen molar-refractivity contribution < 1.29 is 23.6 Å². The average Bonchev–Trinajstić information content (AvgIpc) is 2.87. The number of carbonyl (C=O) groups is 4. The van der Waals surface area contributed by atoms with Gasteiger partial charge in [-0.3, -0.25) is 24.1 Å². The molecule has 2 N–H and O–H groups in total. The van der Waals surface area contributed by atoms with Crippen LogP contribution in [0.1, 0.15) is 20.7 Å². The maximum atomic E-state index is 12.8. The van der Waals surface area contributed by atoms with E-state index in [2.05, 4.69) is 10.6 Å². The van der Waals surface area contributed by atoms with Crippen LogP contribution in [0.5, 0.6) is 0 Å². The molecular weight excluding hydrogens is 341 g/mol. The second-order valence-corrected chi connectivity index (χ2v) is 5.57. The number of nitrogens with zero attached hydrogens (tertiary/aromatic N) is 1. The van der Waals surface area contributed by atoms with E-state index in [0.29, 0.717) is 5.69 Å². The van der Waals surface area contributed by atoms with E-state index in [4.69, 9.17) is 0 Å². The van der Waals surface area contributed by atoms with Gasteiger partial charge >= 0.3 is 0 Å². The standard InChI is InChI=1S/C18H14FN3O4/c19-11-5-7-12(8-6-11)21-15(23)9-20-16(24)10-22-17(25)13-3-1-2-4-14(13)18(22)26/h1-8H,9-10H2,(H,20,24)(H,21,23). The molecular formula is C18H14FN3O4. The normalized spacial score (nSPS) is 12.7. The highest BCUT2D eigenvalue weighted by Crippen LogP contribution is 2.21. The van der Waals surface area contributed by atoms with Gasteiger partial charge in [-0.05, 0) is 36.4 Å². The number of benzene rings is 2. The second-order valence-electron chi connectivity index (χ2n) is 5.57. The Morgan fingerprint density at radius 3 is 2.04 bits per heavy atom. The fourth-order valence-electron chi connectivity index (χ4n) is 2.50. The van der Waals surface area contributed by atoms with Gasteiger partial charge in [0.1, 0.15) is 12.4 Å². The van der Waals surface area contributed by atoms with Gasteiger partial charge in [-0.15, -0.1) is 0 Å². The van der Waals surface area contributed by atoms with E-state index >= 15 is 0 Å². The van der Waals surface area contributed by atoms with Crippen molar-refractivity contribution >= 4 is 29.3 Å². The summed E-state index contributed by atoms with van der Waals surface area (Å²) in [5, 5.41) is 4.82. The molecule has 132 valence electrons. The van der Waals surface area contributed by atoms with Crippen molar-refractivity contribution in [3.63, 3.8) is 0 Å². The summed E-state index contributed by atoms with van der Waals surface area (Å²) < 4.78 is 12.8. The van der Waals surface area contributed by atoms with Crippen molar-refractivity contribution in [1.29, 1.82) is 0 Å². The molecule has 7 nitrogen and oxygen atoms in total. The monoisotopic (exact) mass is 355 g/mol. The quantitative estimate of drug-likeness (QED) is 0.787. The smallest absolute Gasteiger partial charge is 0.262 e. The number of fused-ring (bicyclic) bond motifs is 1. The first-order valence-electron chi connectivity index (χ1n) is 7.73. The SMILES string of the molecule is O=C(CN1C(=O)c2ccccc2C1=O)NCC(=O)Nc1ccc(F)cc1. The molecule has 8 heteroatoms. The van der Waals surface area contributed by atoms with Gasteiger partial charge < -0.3 is 10.6 Å². The zero-order valence-corrected chi connectivity index (χ0v) is 13.5. The number of nitrogens with one attached hydrogen (secondary N) is 2. The van der Waals surface area contributed by atoms with Crippen LogP contribution in [0.2, 0.25) is 0 Å². The van der Waals surface area contributed by atoms with Crippen LogP contribution in [-0.2, 0) is 9.59 Å². The Bertz CT molecular complexity index is 861. The van der Waals surface area contributed by atoms with Crippen molar-refractivity contribution in [1.82, 2.24) is 10.2 Å². The minimum atomic E-state index is -0.645. The summed E-state index contributed by atoms with van der Waals surface area (Å²) >= 11 is 0. The Kier molecular flexibility index (Phi) is 4.74. The van der Waals surface area contributed by atoms with Crippen molar-refractivity contribution in [2.75, 3.05) is 18.4 Å². The van der Waals surface area contributed by atoms with Gasteiger partial charge in [0.05, 0.1) is 17.7 Å². The molecule has 3 rings (SSSR count). The fraction of sp³-hybridized carbons (Fsp3) is 0.111. The molecule has 0 aliphatic carbocycles. The van der Waals surface area contributed by atoms with E-state index in [1.807, 2.05) is 0 Å². The third kappa shape index (κ3) is 3.59. The lowest BCUT2D eigenvalue weighted by atomic mass is 10.1. The van der Waals surface area contributed by atoms with E-state index in [0.717, 1.165) is 4.90 Å². The van der Waals surface area contributed by atoms with Gasteiger partial charge in [-0.1, -0.05) is 12.1 Å². The maximum Gasteiger partial charge on any atom is 0.262 e. The summed E-state index contributed by atoms with van der Waals surface area (Å²) in [6.07, 6.45) is 0. The third-order valence-electron chi connectivity index (χ3n) is 3.75. The minimum Gasteiger partial charge on any atom is -0.345 e. The van der Waals surface area contributed by atoms with Gasteiger partial charge in [0, 0.05) is 5.69 Å². The Morgan fingerprint density at radius 1 is 0.885 bits per heavy atom. The predicted octanol–water partition coefficient (Wildman–Crippen LogP) is 1.18. The molecule has 0 bridgehead atoms. The summed E-state index contributed by atoms with van der Waals surface area (Å²) in [5.41, 5.74) is 0.879. The number of carbonyl (C=O) groups excluding carboxylic acids is 4. The molecule has 0 spiro atoms. The largest absolute Gasteiger partial charge is 0.345 e. The summed E-state index contributed by atoms with van der Waals surface area (Å²) in [7, 11) is 0. The van der Waals surface area contributed by atoms with Gasteiger partial charge in [0.2, 0.25) is 11.8 Å². The Balaban J connectivity index is 1.52. The average molecular weight is 355 g/mol. The van der Waals surface area contributed by atoms with Crippen molar-refractivity contribution in [2.45, 2.75) is 0 Å². The maximum absolute atomic E-state index is 12.8. The number of rotatable bonds is 5. The molecule has 0 saturated carbocycles. The molecule has 0 saturated heterocycles. The fourth-order valence-corrected chi connectivity index (χ4v) is 2.50. The van der Waals surface area contributed by atoms with Crippen LogP contribution in [0.4, 0.5) is 10.1 Å². The van der Waals surface area contributed by atoms with Crippen LogP contribution in [-0.4, -0.2) is 41.6 Å². The number of hydrogen-bond donors (Lipinski definition) is 2. The molecule has 1 aliphatic rings. The van der Waals surface area contributed by atoms with Crippen LogP contribution >= 0.6 is 0 Å². The lowest BCUT2D eigenvalue weighted by molar-refractivity contribution is -0.124. The van der Waals surface area contributed by atoms with Crippen LogP contribution in [0.25, 0.3) is 0 Å². The third-order valence-corrected chi connectivity index (χ3v) is 3.75. The molecule has 26 heavy (non-hydrogen) atoms. The highest BCUT2D eigenvalue weighted by molar-refractivity contribution is 6.22. The van der Waals surface area contributed by atoms with Gasteiger partial charge in [0.25, 0.3) is 11.8 Å². The first-order chi connectivity index (χ1) is 12.5. The topological polar surface area (TPSA) is 95.6 Å². The lowest BCUT2D eigenvalue weighted by Crippen LogP contribution is -2.42. The van der Waals surface area contributed by atoms with E-state index in [9.17, 15) is 23.6 Å². The van der Waals surface area contributed by atoms with E-state index in [-0.39, 0.29) is 17.7 Å². The van der Waals surface area contributed by atoms with Crippen molar-refractivity contribution in [2.24, 2.45) is 0 Å². The van der Waals surface area contributed by atoms with Gasteiger partial charge in [-0.25, -0.2) is 4.39 Å². The first kappa shape index (κ1) is 17.3. The molecule has 2 aromatic rings. The van der Waals surface area contributed by atoms with Gasteiger partial charge in [0.15, 0.2) is 0 Å². The van der Waals surface area contributed by atoms with E-state index in [1.165, 1.54) is 36.4 Å². The molecule has 4 amide bonds. The molecule has 0 atom stereocenters. The minimum absolute atomic E-state index is 0.249. The summed E-state index contributed by atoms with van der Waals surface area (Å²) in [6, 6.07) is 11.4. The zero-order chi connectivity index (χ0) is 18.7. The number of halogens is 1. The van der Waals surface area contributed by atoms with Crippen molar-refractivity contribution in [3.8, 4) is 0 Å². The van der Waals surface area contributed by atoms with E-state index in [1.54, 1.807) is 12.1 Å². The van der Waals surface area contributed by atoms with Gasteiger partial charge in [-0.2, -0.15) is 0 Å². The molecule has 0 aromatic heterocycles. The first-order valence-corrected chi connectivity index (χ1v) is 7.73. The molecule has 1 heterocycles. The Labute approximate surface area is 147 Å². The lowest BCUT2D eigenvalue weighted by Gasteiger charge is -2.13. The van der Waals surface area contributed by atoms with Crippen LogP contribution in [0.15, 0.2) is 48.5 Å². The summed E-state index contributed by atoms with van der Waals surface area (Å²) in [6.45, 7) is -0.824. The molecule has 0 fully saturated rings.